The third-order valence-electron chi connectivity index (χ3n) is 5.33. The molecule has 7 nitrogen and oxygen atoms in total. The van der Waals surface area contributed by atoms with Crippen LogP contribution < -0.4 is 10.1 Å². The van der Waals surface area contributed by atoms with E-state index in [1.54, 1.807) is 24.8 Å². The van der Waals surface area contributed by atoms with Gasteiger partial charge in [-0.3, -0.25) is 4.79 Å². The number of benzene rings is 1. The van der Waals surface area contributed by atoms with Gasteiger partial charge in [-0.1, -0.05) is 19.9 Å². The number of nitrogens with one attached hydrogen (secondary N) is 1. The standard InChI is InChI=1S/C22H27F3N4O3/c1-13(2)15-7-14(8-17(9-15)32-22(23,24)25)10-26-20-27-11-16(12-28-20)19(30)29-6-5-18(29)21(3,4)31/h7-9,11-13,18,31H,5-6,10H2,1-4H3,(H,26,27,28). The molecular formula is C22H27F3N4O3. The Morgan fingerprint density at radius 1 is 1.25 bits per heavy atom. The van der Waals surface area contributed by atoms with Crippen LogP contribution in [0.15, 0.2) is 30.6 Å². The molecule has 3 rings (SSSR count). The highest BCUT2D eigenvalue weighted by Gasteiger charge is 2.42. The van der Waals surface area contributed by atoms with E-state index in [-0.39, 0.29) is 36.1 Å². The molecule has 0 bridgehead atoms. The van der Waals surface area contributed by atoms with Crippen LogP contribution in [-0.2, 0) is 6.54 Å². The van der Waals surface area contributed by atoms with Crippen molar-refractivity contribution in [2.24, 2.45) is 0 Å². The van der Waals surface area contributed by atoms with E-state index in [1.165, 1.54) is 24.5 Å². The summed E-state index contributed by atoms with van der Waals surface area (Å²) in [6.45, 7) is 7.82. The highest BCUT2D eigenvalue weighted by Crippen LogP contribution is 2.30. The molecule has 1 fully saturated rings. The van der Waals surface area contributed by atoms with E-state index in [4.69, 9.17) is 0 Å². The third-order valence-corrected chi connectivity index (χ3v) is 5.33. The second-order valence-corrected chi connectivity index (χ2v) is 8.72. The van der Waals surface area contributed by atoms with Crippen LogP contribution in [0.25, 0.3) is 0 Å². The number of amides is 1. The molecular weight excluding hydrogens is 425 g/mol. The molecule has 1 saturated heterocycles. The lowest BCUT2D eigenvalue weighted by atomic mass is 9.87. The highest BCUT2D eigenvalue weighted by atomic mass is 19.4. The van der Waals surface area contributed by atoms with Crippen LogP contribution in [0.1, 0.15) is 61.5 Å². The van der Waals surface area contributed by atoms with Gasteiger partial charge in [0, 0.05) is 25.5 Å². The SMILES string of the molecule is CC(C)c1cc(CNc2ncc(C(=O)N3CCC3C(C)(C)O)cn2)cc(OC(F)(F)F)c1. The maximum absolute atomic E-state index is 12.6. The minimum absolute atomic E-state index is 0.0151. The first-order chi connectivity index (χ1) is 14.8. The molecule has 32 heavy (non-hydrogen) atoms. The molecule has 2 aromatic rings. The van der Waals surface area contributed by atoms with Gasteiger partial charge in [-0.15, -0.1) is 13.2 Å². The number of hydrogen-bond acceptors (Lipinski definition) is 6. The van der Waals surface area contributed by atoms with Gasteiger partial charge in [-0.05, 0) is 49.4 Å². The van der Waals surface area contributed by atoms with E-state index in [2.05, 4.69) is 20.0 Å². The molecule has 174 valence electrons. The molecule has 0 radical (unpaired) electrons. The minimum atomic E-state index is -4.77. The summed E-state index contributed by atoms with van der Waals surface area (Å²) >= 11 is 0. The molecule has 0 saturated carbocycles. The van der Waals surface area contributed by atoms with Gasteiger partial charge in [-0.25, -0.2) is 9.97 Å². The Morgan fingerprint density at radius 2 is 1.91 bits per heavy atom. The molecule has 1 aromatic carbocycles. The van der Waals surface area contributed by atoms with Crippen LogP contribution in [0, 0.1) is 0 Å². The number of carbonyl (C=O) groups is 1. The van der Waals surface area contributed by atoms with Crippen LogP contribution in [0.4, 0.5) is 19.1 Å². The molecule has 1 aliphatic rings. The van der Waals surface area contributed by atoms with E-state index < -0.39 is 12.0 Å². The zero-order valence-electron chi connectivity index (χ0n) is 18.4. The van der Waals surface area contributed by atoms with Crippen molar-refractivity contribution in [3.63, 3.8) is 0 Å². The Morgan fingerprint density at radius 3 is 2.41 bits per heavy atom. The fourth-order valence-corrected chi connectivity index (χ4v) is 3.56. The van der Waals surface area contributed by atoms with Crippen molar-refractivity contribution in [1.82, 2.24) is 14.9 Å². The van der Waals surface area contributed by atoms with Crippen LogP contribution >= 0.6 is 0 Å². The van der Waals surface area contributed by atoms with E-state index in [9.17, 15) is 23.1 Å². The van der Waals surface area contributed by atoms with Gasteiger partial charge in [0.05, 0.1) is 17.2 Å². The van der Waals surface area contributed by atoms with Gasteiger partial charge in [0.2, 0.25) is 5.95 Å². The zero-order valence-corrected chi connectivity index (χ0v) is 18.4. The van der Waals surface area contributed by atoms with Crippen molar-refractivity contribution >= 4 is 11.9 Å². The lowest BCUT2D eigenvalue weighted by Gasteiger charge is -2.47. The number of aromatic nitrogens is 2. The predicted molar refractivity (Wildman–Crippen MR) is 112 cm³/mol. The zero-order chi connectivity index (χ0) is 23.7. The van der Waals surface area contributed by atoms with Crippen molar-refractivity contribution in [2.45, 2.75) is 64.6 Å². The highest BCUT2D eigenvalue weighted by molar-refractivity contribution is 5.94. The number of likely N-dealkylation sites (tertiary alicyclic amines) is 1. The van der Waals surface area contributed by atoms with Gasteiger partial charge in [0.15, 0.2) is 0 Å². The second kappa shape index (κ2) is 8.93. The number of rotatable bonds is 7. The Balaban J connectivity index is 1.67. The number of halogens is 3. The Hall–Kier alpha value is -2.88. The Kier molecular flexibility index (Phi) is 6.64. The number of carbonyl (C=O) groups excluding carboxylic acids is 1. The van der Waals surface area contributed by atoms with Crippen LogP contribution in [0.5, 0.6) is 5.75 Å². The van der Waals surface area contributed by atoms with Crippen LogP contribution in [0.2, 0.25) is 0 Å². The van der Waals surface area contributed by atoms with Crippen molar-refractivity contribution < 1.29 is 27.8 Å². The lowest BCUT2D eigenvalue weighted by molar-refractivity contribution is -0.274. The number of hydrogen-bond donors (Lipinski definition) is 2. The largest absolute Gasteiger partial charge is 0.573 e. The summed E-state index contributed by atoms with van der Waals surface area (Å²) in [7, 11) is 0. The smallest absolute Gasteiger partial charge is 0.406 e. The second-order valence-electron chi connectivity index (χ2n) is 8.72. The first-order valence-corrected chi connectivity index (χ1v) is 10.3. The monoisotopic (exact) mass is 452 g/mol. The predicted octanol–water partition coefficient (Wildman–Crippen LogP) is 4.10. The van der Waals surface area contributed by atoms with E-state index >= 15 is 0 Å². The summed E-state index contributed by atoms with van der Waals surface area (Å²) in [5.74, 6) is -0.287. The average molecular weight is 452 g/mol. The maximum Gasteiger partial charge on any atom is 0.573 e. The molecule has 1 unspecified atom stereocenters. The van der Waals surface area contributed by atoms with Crippen molar-refractivity contribution in [3.8, 4) is 5.75 Å². The van der Waals surface area contributed by atoms with Crippen LogP contribution in [0.3, 0.4) is 0 Å². The third kappa shape index (κ3) is 5.87. The molecule has 2 N–H and O–H groups in total. The molecule has 1 aromatic heterocycles. The molecule has 10 heteroatoms. The topological polar surface area (TPSA) is 87.6 Å². The van der Waals surface area contributed by atoms with Gasteiger partial charge < -0.3 is 20.1 Å². The van der Waals surface area contributed by atoms with Crippen LogP contribution in [-0.4, -0.2) is 50.4 Å². The molecule has 1 aliphatic heterocycles. The minimum Gasteiger partial charge on any atom is -0.406 e. The van der Waals surface area contributed by atoms with E-state index in [1.807, 2.05) is 13.8 Å². The van der Waals surface area contributed by atoms with E-state index in [0.29, 0.717) is 23.2 Å². The Labute approximate surface area is 184 Å². The summed E-state index contributed by atoms with van der Waals surface area (Å²) in [6, 6.07) is 4.22. The first kappa shape index (κ1) is 23.8. The molecule has 1 atom stereocenters. The Bertz CT molecular complexity index is 956. The van der Waals surface area contributed by atoms with Crippen molar-refractivity contribution in [3.05, 3.63) is 47.3 Å². The number of alkyl halides is 3. The fraction of sp³-hybridized carbons (Fsp3) is 0.500. The number of aliphatic hydroxyl groups is 1. The molecule has 0 aliphatic carbocycles. The summed E-state index contributed by atoms with van der Waals surface area (Å²) in [5.41, 5.74) is 0.594. The fourth-order valence-electron chi connectivity index (χ4n) is 3.56. The average Bonchev–Trinajstić information content (AvgIpc) is 2.63. The van der Waals surface area contributed by atoms with Gasteiger partial charge in [0.1, 0.15) is 5.75 Å². The maximum atomic E-state index is 12.6. The quantitative estimate of drug-likeness (QED) is 0.658. The summed E-state index contributed by atoms with van der Waals surface area (Å²) < 4.78 is 42.0. The number of nitrogens with zero attached hydrogens (tertiary/aromatic N) is 3. The van der Waals surface area contributed by atoms with Gasteiger partial charge in [0.25, 0.3) is 5.91 Å². The molecule has 0 spiro atoms. The normalized spacial score (nSPS) is 16.7. The van der Waals surface area contributed by atoms with Crippen molar-refractivity contribution in [2.75, 3.05) is 11.9 Å². The lowest BCUT2D eigenvalue weighted by Crippen LogP contribution is -2.60. The molecule has 2 heterocycles. The van der Waals surface area contributed by atoms with Gasteiger partial charge >= 0.3 is 6.36 Å². The first-order valence-electron chi connectivity index (χ1n) is 10.3. The number of anilines is 1. The number of ether oxygens (including phenoxy) is 1. The summed E-state index contributed by atoms with van der Waals surface area (Å²) in [4.78, 5) is 22.5. The summed E-state index contributed by atoms with van der Waals surface area (Å²) in [6.07, 6.45) is -1.27. The van der Waals surface area contributed by atoms with Crippen molar-refractivity contribution in [1.29, 1.82) is 0 Å². The van der Waals surface area contributed by atoms with Gasteiger partial charge in [-0.2, -0.15) is 0 Å². The molecule has 1 amide bonds. The van der Waals surface area contributed by atoms with E-state index in [0.717, 1.165) is 6.42 Å². The summed E-state index contributed by atoms with van der Waals surface area (Å²) in [5, 5.41) is 13.1.